The minimum absolute atomic E-state index is 0. The van der Waals surface area contributed by atoms with E-state index in [2.05, 4.69) is 10.3 Å². The van der Waals surface area contributed by atoms with E-state index < -0.39 is 11.4 Å². The summed E-state index contributed by atoms with van der Waals surface area (Å²) in [6.45, 7) is 5.18. The summed E-state index contributed by atoms with van der Waals surface area (Å²) in [5.41, 5.74) is -0.735. The van der Waals surface area contributed by atoms with Crippen LogP contribution in [-0.2, 0) is 4.79 Å². The van der Waals surface area contributed by atoms with Gasteiger partial charge in [-0.05, 0) is 12.1 Å². The molecule has 0 radical (unpaired) electrons. The molecule has 0 saturated heterocycles. The molecule has 0 unspecified atom stereocenters. The van der Waals surface area contributed by atoms with Crippen molar-refractivity contribution in [3.05, 3.63) is 23.9 Å². The minimum Gasteiger partial charge on any atom is -0.545 e. The van der Waals surface area contributed by atoms with Crippen LogP contribution in [0.3, 0.4) is 0 Å². The number of hydrogen-bond donors (Lipinski definition) is 1. The van der Waals surface area contributed by atoms with Crippen molar-refractivity contribution in [2.24, 2.45) is 5.41 Å². The van der Waals surface area contributed by atoms with Gasteiger partial charge < -0.3 is 15.2 Å². The first-order chi connectivity index (χ1) is 7.32. The zero-order chi connectivity index (χ0) is 12.3. The number of hydrogen-bond acceptors (Lipinski definition) is 4. The van der Waals surface area contributed by atoms with Crippen molar-refractivity contribution in [3.8, 4) is 0 Å². The van der Waals surface area contributed by atoms with Crippen molar-refractivity contribution < 1.29 is 33.6 Å². The van der Waals surface area contributed by atoms with Gasteiger partial charge in [0, 0.05) is 17.2 Å². The van der Waals surface area contributed by atoms with Crippen molar-refractivity contribution in [3.63, 3.8) is 0 Å². The topological polar surface area (TPSA) is 82.1 Å². The van der Waals surface area contributed by atoms with Crippen molar-refractivity contribution >= 4 is 17.7 Å². The number of nitrogens with zero attached hydrogens (tertiary/aromatic N) is 1. The van der Waals surface area contributed by atoms with Gasteiger partial charge in [-0.1, -0.05) is 20.8 Å². The molecule has 0 atom stereocenters. The van der Waals surface area contributed by atoms with Crippen LogP contribution >= 0.6 is 0 Å². The molecule has 0 aliphatic heterocycles. The molecule has 1 N–H and O–H groups in total. The zero-order valence-electron chi connectivity index (χ0n) is 10.4. The van der Waals surface area contributed by atoms with Crippen molar-refractivity contribution in [1.82, 2.24) is 4.98 Å². The Balaban J connectivity index is 0.00000256. The number of rotatable bonds is 2. The molecule has 6 heteroatoms. The summed E-state index contributed by atoms with van der Waals surface area (Å²) in [5, 5.41) is 13.2. The van der Waals surface area contributed by atoms with Crippen molar-refractivity contribution in [2.45, 2.75) is 20.8 Å². The third kappa shape index (κ3) is 4.21. The van der Waals surface area contributed by atoms with E-state index in [0.29, 0.717) is 0 Å². The fourth-order valence-corrected chi connectivity index (χ4v) is 0.965. The molecule has 0 spiro atoms. The number of amides is 1. The number of carbonyl (C=O) groups excluding carboxylic acids is 2. The van der Waals surface area contributed by atoms with Gasteiger partial charge in [0.1, 0.15) is 5.82 Å². The summed E-state index contributed by atoms with van der Waals surface area (Å²) < 4.78 is 0. The molecule has 86 valence electrons. The Labute approximate surface area is 112 Å². The summed E-state index contributed by atoms with van der Waals surface area (Å²) in [7, 11) is 0. The number of carboxylic acids is 1. The van der Waals surface area contributed by atoms with Gasteiger partial charge in [0.2, 0.25) is 5.91 Å². The molecule has 0 saturated carbocycles. The summed E-state index contributed by atoms with van der Waals surface area (Å²) in [5.74, 6) is -1.64. The van der Waals surface area contributed by atoms with Crippen molar-refractivity contribution in [2.75, 3.05) is 5.32 Å². The van der Waals surface area contributed by atoms with E-state index >= 15 is 0 Å². The second-order valence-corrected chi connectivity index (χ2v) is 4.39. The quantitative estimate of drug-likeness (QED) is 0.564. The molecule has 5 nitrogen and oxygen atoms in total. The Morgan fingerprint density at radius 1 is 1.35 bits per heavy atom. The van der Waals surface area contributed by atoms with Gasteiger partial charge in [0.15, 0.2) is 0 Å². The molecule has 0 aromatic carbocycles. The van der Waals surface area contributed by atoms with Gasteiger partial charge in [0.05, 0.1) is 5.97 Å². The Morgan fingerprint density at radius 3 is 2.41 bits per heavy atom. The van der Waals surface area contributed by atoms with E-state index in [0.717, 1.165) is 0 Å². The molecule has 1 aromatic heterocycles. The minimum atomic E-state index is -1.36. The van der Waals surface area contributed by atoms with Gasteiger partial charge >= 0.3 is 18.9 Å². The van der Waals surface area contributed by atoms with Gasteiger partial charge in [-0.25, -0.2) is 4.98 Å². The van der Waals surface area contributed by atoms with Crippen LogP contribution in [0.4, 0.5) is 5.82 Å². The van der Waals surface area contributed by atoms with Crippen LogP contribution in [0.1, 0.15) is 31.1 Å². The fourth-order valence-electron chi connectivity index (χ4n) is 0.965. The molecule has 1 rings (SSSR count). The Morgan fingerprint density at radius 2 is 1.94 bits per heavy atom. The molecule has 1 heterocycles. The molecule has 0 aliphatic carbocycles. The monoisotopic (exact) mass is 228 g/mol. The Hall–Kier alpha value is -1.31. The fraction of sp³-hybridized carbons (Fsp3) is 0.364. The second kappa shape index (κ2) is 5.85. The van der Waals surface area contributed by atoms with E-state index in [1.165, 1.54) is 18.3 Å². The number of carbonyl (C=O) groups is 2. The largest absolute Gasteiger partial charge is 1.00 e. The molecule has 0 fully saturated rings. The van der Waals surface area contributed by atoms with Gasteiger partial charge in [-0.3, -0.25) is 4.79 Å². The zero-order valence-corrected chi connectivity index (χ0v) is 10.4. The Kier molecular flexibility index (Phi) is 5.40. The van der Waals surface area contributed by atoms with Crippen LogP contribution in [0, 0.1) is 5.41 Å². The SMILES string of the molecule is CC(C)(C)C(=O)Nc1ncccc1C(=O)[O-].[Li+]. The van der Waals surface area contributed by atoms with Gasteiger partial charge in [0.25, 0.3) is 0 Å². The van der Waals surface area contributed by atoms with Crippen LogP contribution in [0.25, 0.3) is 0 Å². The predicted molar refractivity (Wildman–Crippen MR) is 56.7 cm³/mol. The maximum absolute atomic E-state index is 11.6. The van der Waals surface area contributed by atoms with Crippen LogP contribution in [0.5, 0.6) is 0 Å². The summed E-state index contributed by atoms with van der Waals surface area (Å²) in [4.78, 5) is 26.2. The molecule has 0 aliphatic rings. The van der Waals surface area contributed by atoms with E-state index in [1.54, 1.807) is 20.8 Å². The number of aromatic carboxylic acids is 1. The standard InChI is InChI=1S/C11H14N2O3.Li/c1-11(2,3)10(16)13-8-7(9(14)15)5-4-6-12-8;/h4-6H,1-3H3,(H,14,15)(H,12,13,16);/q;+1/p-1. The van der Waals surface area contributed by atoms with E-state index in [-0.39, 0.29) is 36.1 Å². The van der Waals surface area contributed by atoms with E-state index in [4.69, 9.17) is 0 Å². The van der Waals surface area contributed by atoms with Crippen LogP contribution < -0.4 is 29.3 Å². The first-order valence-electron chi connectivity index (χ1n) is 4.80. The first kappa shape index (κ1) is 15.7. The molecular formula is C11H13LiN2O3. The second-order valence-electron chi connectivity index (χ2n) is 4.39. The maximum atomic E-state index is 11.6. The van der Waals surface area contributed by atoms with Gasteiger partial charge in [-0.15, -0.1) is 0 Å². The average molecular weight is 228 g/mol. The molecule has 17 heavy (non-hydrogen) atoms. The predicted octanol–water partition coefficient (Wildman–Crippen LogP) is -2.57. The molecular weight excluding hydrogens is 215 g/mol. The number of anilines is 1. The summed E-state index contributed by atoms with van der Waals surface area (Å²) in [6.07, 6.45) is 1.41. The molecule has 1 aromatic rings. The number of nitrogens with one attached hydrogen (secondary N) is 1. The maximum Gasteiger partial charge on any atom is 1.00 e. The number of carboxylic acid groups (broad SMARTS) is 1. The van der Waals surface area contributed by atoms with E-state index in [1.807, 2.05) is 0 Å². The third-order valence-electron chi connectivity index (χ3n) is 1.94. The van der Waals surface area contributed by atoms with E-state index in [9.17, 15) is 14.7 Å². The van der Waals surface area contributed by atoms with Crippen LogP contribution in [0.15, 0.2) is 18.3 Å². The summed E-state index contributed by atoms with van der Waals surface area (Å²) in [6, 6.07) is 2.80. The average Bonchev–Trinajstić information content (AvgIpc) is 2.16. The van der Waals surface area contributed by atoms with Crippen LogP contribution in [-0.4, -0.2) is 16.9 Å². The first-order valence-corrected chi connectivity index (χ1v) is 4.80. The van der Waals surface area contributed by atoms with Crippen LogP contribution in [0.2, 0.25) is 0 Å². The van der Waals surface area contributed by atoms with Gasteiger partial charge in [-0.2, -0.15) is 0 Å². The smallest absolute Gasteiger partial charge is 0.545 e. The molecule has 0 bridgehead atoms. The number of aromatic nitrogens is 1. The normalized spacial score (nSPS) is 10.3. The third-order valence-corrected chi connectivity index (χ3v) is 1.94. The van der Waals surface area contributed by atoms with Crippen molar-refractivity contribution in [1.29, 1.82) is 0 Å². The number of pyridine rings is 1. The summed E-state index contributed by atoms with van der Waals surface area (Å²) >= 11 is 0. The molecule has 1 amide bonds. The Bertz CT molecular complexity index is 427.